The lowest BCUT2D eigenvalue weighted by Gasteiger charge is -2.13. The van der Waals surface area contributed by atoms with Crippen LogP contribution in [0.25, 0.3) is 6.08 Å². The summed E-state index contributed by atoms with van der Waals surface area (Å²) in [4.78, 5) is 25.6. The Hall–Kier alpha value is -1.73. The van der Waals surface area contributed by atoms with E-state index in [1.165, 1.54) is 17.0 Å². The van der Waals surface area contributed by atoms with E-state index in [1.807, 2.05) is 6.92 Å². The minimum atomic E-state index is -0.368. The highest BCUT2D eigenvalue weighted by Gasteiger charge is 2.32. The Labute approximate surface area is 143 Å². The SMILES string of the molecule is CCCOC(=O)CCN1C(=O)/C(=C/c2cccc(F)c2)SC1=S. The second-order valence-corrected chi connectivity index (χ2v) is 6.53. The van der Waals surface area contributed by atoms with Crippen LogP contribution in [0.1, 0.15) is 25.3 Å². The van der Waals surface area contributed by atoms with E-state index in [-0.39, 0.29) is 30.7 Å². The molecule has 1 heterocycles. The first-order valence-electron chi connectivity index (χ1n) is 7.18. The summed E-state index contributed by atoms with van der Waals surface area (Å²) in [5.74, 6) is -0.990. The van der Waals surface area contributed by atoms with Gasteiger partial charge in [-0.15, -0.1) is 0 Å². The maximum atomic E-state index is 13.2. The van der Waals surface area contributed by atoms with Gasteiger partial charge >= 0.3 is 5.97 Å². The number of benzene rings is 1. The summed E-state index contributed by atoms with van der Waals surface area (Å²) in [6, 6.07) is 5.96. The van der Waals surface area contributed by atoms with Gasteiger partial charge in [0.1, 0.15) is 10.1 Å². The molecule has 122 valence electrons. The average molecular weight is 353 g/mol. The van der Waals surface area contributed by atoms with E-state index in [2.05, 4.69) is 0 Å². The van der Waals surface area contributed by atoms with Crippen molar-refractivity contribution in [2.45, 2.75) is 19.8 Å². The summed E-state index contributed by atoms with van der Waals surface area (Å²) >= 11 is 6.32. The second-order valence-electron chi connectivity index (χ2n) is 4.86. The van der Waals surface area contributed by atoms with Gasteiger partial charge in [0, 0.05) is 6.54 Å². The third-order valence-corrected chi connectivity index (χ3v) is 4.40. The number of rotatable bonds is 6. The van der Waals surface area contributed by atoms with Crippen LogP contribution in [-0.4, -0.2) is 34.2 Å². The van der Waals surface area contributed by atoms with Gasteiger partial charge in [-0.3, -0.25) is 14.5 Å². The van der Waals surface area contributed by atoms with Gasteiger partial charge < -0.3 is 4.74 Å². The molecule has 0 N–H and O–H groups in total. The maximum Gasteiger partial charge on any atom is 0.307 e. The number of ether oxygens (including phenoxy) is 1. The van der Waals surface area contributed by atoms with E-state index in [1.54, 1.807) is 18.2 Å². The normalized spacial score (nSPS) is 16.3. The van der Waals surface area contributed by atoms with Gasteiger partial charge in [0.05, 0.1) is 17.9 Å². The minimum absolute atomic E-state index is 0.0969. The Balaban J connectivity index is 2.01. The number of carbonyl (C=O) groups excluding carboxylic acids is 2. The molecule has 0 radical (unpaired) electrons. The molecular formula is C16H16FNO3S2. The molecule has 1 saturated heterocycles. The molecule has 0 aromatic heterocycles. The first kappa shape index (κ1) is 17.6. The van der Waals surface area contributed by atoms with Gasteiger partial charge in [0.25, 0.3) is 5.91 Å². The van der Waals surface area contributed by atoms with E-state index in [0.717, 1.165) is 18.2 Å². The average Bonchev–Trinajstić information content (AvgIpc) is 2.77. The van der Waals surface area contributed by atoms with Crippen molar-refractivity contribution in [3.05, 3.63) is 40.6 Å². The molecule has 1 aliphatic rings. The maximum absolute atomic E-state index is 13.2. The molecule has 1 aromatic carbocycles. The molecule has 7 heteroatoms. The molecule has 0 spiro atoms. The van der Waals surface area contributed by atoms with Crippen LogP contribution in [0, 0.1) is 5.82 Å². The van der Waals surface area contributed by atoms with Crippen LogP contribution in [0.5, 0.6) is 0 Å². The number of halogens is 1. The number of esters is 1. The third-order valence-electron chi connectivity index (χ3n) is 3.03. The summed E-state index contributed by atoms with van der Waals surface area (Å²) in [7, 11) is 0. The topological polar surface area (TPSA) is 46.6 Å². The Morgan fingerprint density at radius 3 is 2.96 bits per heavy atom. The molecule has 0 atom stereocenters. The van der Waals surface area contributed by atoms with Gasteiger partial charge in [0.2, 0.25) is 0 Å². The zero-order valence-corrected chi connectivity index (χ0v) is 14.2. The lowest BCUT2D eigenvalue weighted by molar-refractivity contribution is -0.143. The number of hydrogen-bond acceptors (Lipinski definition) is 5. The summed E-state index contributed by atoms with van der Waals surface area (Å²) < 4.78 is 18.6. The van der Waals surface area contributed by atoms with Crippen LogP contribution in [0.2, 0.25) is 0 Å². The van der Waals surface area contributed by atoms with E-state index < -0.39 is 0 Å². The number of thiocarbonyl (C=S) groups is 1. The standard InChI is InChI=1S/C16H16FNO3S2/c1-2-8-21-14(19)6-7-18-15(20)13(23-16(18)22)10-11-4-3-5-12(17)9-11/h3-5,9-10H,2,6-8H2,1H3/b13-10-. The smallest absolute Gasteiger partial charge is 0.307 e. The molecule has 4 nitrogen and oxygen atoms in total. The lowest BCUT2D eigenvalue weighted by Crippen LogP contribution is -2.30. The van der Waals surface area contributed by atoms with Gasteiger partial charge in [-0.2, -0.15) is 0 Å². The Bertz CT molecular complexity index is 660. The molecule has 1 fully saturated rings. The van der Waals surface area contributed by atoms with Crippen LogP contribution in [0.15, 0.2) is 29.2 Å². The van der Waals surface area contributed by atoms with Gasteiger partial charge in [-0.05, 0) is 30.2 Å². The number of carbonyl (C=O) groups is 2. The number of amides is 1. The van der Waals surface area contributed by atoms with Crippen LogP contribution < -0.4 is 0 Å². The quantitative estimate of drug-likeness (QED) is 0.446. The molecular weight excluding hydrogens is 337 g/mol. The monoisotopic (exact) mass is 353 g/mol. The Morgan fingerprint density at radius 1 is 1.48 bits per heavy atom. The van der Waals surface area contributed by atoms with Crippen molar-refractivity contribution < 1.29 is 18.7 Å². The minimum Gasteiger partial charge on any atom is -0.466 e. The molecule has 0 bridgehead atoms. The van der Waals surface area contributed by atoms with Crippen molar-refractivity contribution in [2.24, 2.45) is 0 Å². The molecule has 2 rings (SSSR count). The molecule has 0 aliphatic carbocycles. The largest absolute Gasteiger partial charge is 0.466 e. The highest BCUT2D eigenvalue weighted by molar-refractivity contribution is 8.26. The van der Waals surface area contributed by atoms with Crippen molar-refractivity contribution in [3.63, 3.8) is 0 Å². The zero-order valence-electron chi connectivity index (χ0n) is 12.6. The van der Waals surface area contributed by atoms with Gasteiger partial charge in [-0.1, -0.05) is 43.0 Å². The summed E-state index contributed by atoms with van der Waals surface area (Å²) in [6.07, 6.45) is 2.45. The fourth-order valence-corrected chi connectivity index (χ4v) is 3.24. The predicted molar refractivity (Wildman–Crippen MR) is 92.1 cm³/mol. The molecule has 1 amide bonds. The number of thioether (sulfide) groups is 1. The Kier molecular flexibility index (Phi) is 6.29. The van der Waals surface area contributed by atoms with E-state index in [0.29, 0.717) is 21.4 Å². The van der Waals surface area contributed by atoms with Gasteiger partial charge in [-0.25, -0.2) is 4.39 Å². The fraction of sp³-hybridized carbons (Fsp3) is 0.312. The van der Waals surface area contributed by atoms with E-state index >= 15 is 0 Å². The highest BCUT2D eigenvalue weighted by Crippen LogP contribution is 2.32. The van der Waals surface area contributed by atoms with Crippen LogP contribution in [-0.2, 0) is 14.3 Å². The van der Waals surface area contributed by atoms with Crippen molar-refractivity contribution >= 4 is 46.3 Å². The van der Waals surface area contributed by atoms with Crippen LogP contribution >= 0.6 is 24.0 Å². The first-order chi connectivity index (χ1) is 11.0. The molecule has 0 saturated carbocycles. The van der Waals surface area contributed by atoms with Crippen molar-refractivity contribution in [1.29, 1.82) is 0 Å². The lowest BCUT2D eigenvalue weighted by atomic mass is 10.2. The molecule has 1 aliphatic heterocycles. The van der Waals surface area contributed by atoms with Crippen molar-refractivity contribution in [1.82, 2.24) is 4.90 Å². The van der Waals surface area contributed by atoms with Gasteiger partial charge in [0.15, 0.2) is 0 Å². The summed E-state index contributed by atoms with van der Waals surface area (Å²) in [6.45, 7) is 2.47. The van der Waals surface area contributed by atoms with E-state index in [9.17, 15) is 14.0 Å². The molecule has 23 heavy (non-hydrogen) atoms. The van der Waals surface area contributed by atoms with Crippen molar-refractivity contribution in [2.75, 3.05) is 13.2 Å². The summed E-state index contributed by atoms with van der Waals surface area (Å²) in [5, 5.41) is 0. The third kappa shape index (κ3) is 4.87. The number of hydrogen-bond donors (Lipinski definition) is 0. The van der Waals surface area contributed by atoms with E-state index in [4.69, 9.17) is 17.0 Å². The fourth-order valence-electron chi connectivity index (χ4n) is 1.93. The molecule has 0 unspecified atom stereocenters. The zero-order chi connectivity index (χ0) is 16.8. The summed E-state index contributed by atoms with van der Waals surface area (Å²) in [5.41, 5.74) is 0.591. The van der Waals surface area contributed by atoms with Crippen LogP contribution in [0.3, 0.4) is 0 Å². The highest BCUT2D eigenvalue weighted by atomic mass is 32.2. The predicted octanol–water partition coefficient (Wildman–Crippen LogP) is 3.37. The second kappa shape index (κ2) is 8.21. The number of nitrogens with zero attached hydrogens (tertiary/aromatic N) is 1. The van der Waals surface area contributed by atoms with Crippen molar-refractivity contribution in [3.8, 4) is 0 Å². The van der Waals surface area contributed by atoms with Crippen LogP contribution in [0.4, 0.5) is 4.39 Å². The Morgan fingerprint density at radius 2 is 2.26 bits per heavy atom. The molecule has 1 aromatic rings. The first-order valence-corrected chi connectivity index (χ1v) is 8.40.